The smallest absolute Gasteiger partial charge is 0.127 e. The van der Waals surface area contributed by atoms with Crippen LogP contribution < -0.4 is 0 Å². The maximum absolute atomic E-state index is 10.5. The number of aliphatic imine (C=N–C) groups is 2. The molecule has 0 aliphatic rings. The number of nitrogens with zero attached hydrogens (tertiary/aromatic N) is 2. The number of benzene rings is 3. The Kier molecular flexibility index (Phi) is 6.06. The van der Waals surface area contributed by atoms with Crippen molar-refractivity contribution in [1.29, 1.82) is 0 Å². The van der Waals surface area contributed by atoms with E-state index in [0.29, 0.717) is 22.8 Å². The Morgan fingerprint density at radius 3 is 1.37 bits per heavy atom. The number of hydrogen-bond donors (Lipinski definition) is 2. The molecule has 30 heavy (non-hydrogen) atoms. The minimum Gasteiger partial charge on any atom is -0.507 e. The summed E-state index contributed by atoms with van der Waals surface area (Å²) in [7, 11) is 0. The molecule has 0 aromatic heterocycles. The van der Waals surface area contributed by atoms with Gasteiger partial charge >= 0.3 is 0 Å². The first-order valence-corrected chi connectivity index (χ1v) is 9.98. The lowest BCUT2D eigenvalue weighted by Gasteiger charge is -2.11. The summed E-state index contributed by atoms with van der Waals surface area (Å²) < 4.78 is 0. The molecule has 4 heteroatoms. The summed E-state index contributed by atoms with van der Waals surface area (Å²) in [5.74, 6) is 0.498. The zero-order valence-electron chi connectivity index (χ0n) is 18.4. The monoisotopic (exact) mass is 400 g/mol. The van der Waals surface area contributed by atoms with Gasteiger partial charge in [0, 0.05) is 22.6 Å². The lowest BCUT2D eigenvalue weighted by atomic mass is 10.0. The molecule has 0 aliphatic heterocycles. The highest BCUT2D eigenvalue weighted by atomic mass is 16.3. The van der Waals surface area contributed by atoms with Crippen LogP contribution in [-0.4, -0.2) is 21.6 Å². The highest BCUT2D eigenvalue weighted by Gasteiger charge is 2.12. The summed E-state index contributed by atoms with van der Waals surface area (Å²) in [5, 5.41) is 21.0. The minimum absolute atomic E-state index is 0.249. The van der Waals surface area contributed by atoms with E-state index in [1.165, 1.54) is 0 Å². The Labute approximate surface area is 178 Å². The van der Waals surface area contributed by atoms with Crippen molar-refractivity contribution >= 4 is 22.8 Å². The van der Waals surface area contributed by atoms with Crippen LogP contribution in [0.1, 0.15) is 47.2 Å². The molecule has 0 saturated heterocycles. The Balaban J connectivity index is 2.08. The maximum Gasteiger partial charge on any atom is 0.127 e. The maximum atomic E-state index is 10.5. The minimum atomic E-state index is 0.249. The Morgan fingerprint density at radius 2 is 1.00 bits per heavy atom. The first-order chi connectivity index (χ1) is 14.2. The molecule has 0 aliphatic carbocycles. The summed E-state index contributed by atoms with van der Waals surface area (Å²) in [6.45, 7) is 11.5. The molecule has 0 atom stereocenters. The van der Waals surface area contributed by atoms with Crippen molar-refractivity contribution in [2.45, 2.75) is 41.5 Å². The predicted octanol–water partition coefficient (Wildman–Crippen LogP) is 6.61. The predicted molar refractivity (Wildman–Crippen MR) is 125 cm³/mol. The van der Waals surface area contributed by atoms with E-state index in [4.69, 9.17) is 9.98 Å². The number of aryl methyl sites for hydroxylation is 4. The zero-order valence-corrected chi connectivity index (χ0v) is 18.4. The molecular weight excluding hydrogens is 372 g/mol. The zero-order chi connectivity index (χ0) is 22.0. The third kappa shape index (κ3) is 4.43. The van der Waals surface area contributed by atoms with Gasteiger partial charge in [-0.15, -0.1) is 0 Å². The molecule has 2 N–H and O–H groups in total. The van der Waals surface area contributed by atoms with E-state index >= 15 is 0 Å². The lowest BCUT2D eigenvalue weighted by molar-refractivity contribution is 0.469. The van der Waals surface area contributed by atoms with Gasteiger partial charge < -0.3 is 10.2 Å². The van der Waals surface area contributed by atoms with Crippen LogP contribution >= 0.6 is 0 Å². The van der Waals surface area contributed by atoms with E-state index in [1.807, 2.05) is 90.1 Å². The van der Waals surface area contributed by atoms with E-state index in [9.17, 15) is 10.2 Å². The second-order valence-corrected chi connectivity index (χ2v) is 7.84. The fourth-order valence-corrected chi connectivity index (χ4v) is 3.61. The Hall–Kier alpha value is -3.40. The number of aromatic hydroxyl groups is 2. The van der Waals surface area contributed by atoms with Gasteiger partial charge in [0.1, 0.15) is 11.5 Å². The van der Waals surface area contributed by atoms with Crippen LogP contribution in [0, 0.1) is 27.7 Å². The van der Waals surface area contributed by atoms with Gasteiger partial charge in [-0.2, -0.15) is 0 Å². The standard InChI is InChI=1S/C26H28N2O2/c1-15-11-17(3)25(29)21(13-15)19(5)27-23-9-7-8-10-24(23)28-20(6)22-14-16(2)12-18(4)26(22)30/h7-14,29-30H,1-6H3. The van der Waals surface area contributed by atoms with E-state index in [-0.39, 0.29) is 11.5 Å². The van der Waals surface area contributed by atoms with Gasteiger partial charge in [-0.25, -0.2) is 0 Å². The van der Waals surface area contributed by atoms with Crippen LogP contribution in [-0.2, 0) is 0 Å². The largest absolute Gasteiger partial charge is 0.507 e. The molecule has 154 valence electrons. The second-order valence-electron chi connectivity index (χ2n) is 7.84. The molecule has 0 saturated carbocycles. The molecule has 3 rings (SSSR count). The fourth-order valence-electron chi connectivity index (χ4n) is 3.61. The molecule has 0 radical (unpaired) electrons. The topological polar surface area (TPSA) is 65.2 Å². The number of phenols is 2. The number of phenolic OH excluding ortho intramolecular Hbond substituents is 2. The van der Waals surface area contributed by atoms with Gasteiger partial charge in [-0.1, -0.05) is 24.3 Å². The quantitative estimate of drug-likeness (QED) is 0.484. The van der Waals surface area contributed by atoms with Crippen LogP contribution in [0.3, 0.4) is 0 Å². The van der Waals surface area contributed by atoms with E-state index in [2.05, 4.69) is 0 Å². The molecule has 0 bridgehead atoms. The third-order valence-electron chi connectivity index (χ3n) is 5.13. The van der Waals surface area contributed by atoms with Gasteiger partial charge in [-0.05, 0) is 88.1 Å². The lowest BCUT2D eigenvalue weighted by Crippen LogP contribution is -1.98. The third-order valence-corrected chi connectivity index (χ3v) is 5.13. The van der Waals surface area contributed by atoms with Crippen LogP contribution in [0.25, 0.3) is 0 Å². The SMILES string of the molecule is CC(=Nc1ccccc1N=C(C)c1cc(C)cc(C)c1O)c1cc(C)cc(C)c1O. The van der Waals surface area contributed by atoms with Crippen LogP contribution in [0.15, 0.2) is 58.5 Å². The summed E-state index contributed by atoms with van der Waals surface area (Å²) in [4.78, 5) is 9.53. The molecule has 3 aromatic rings. The molecule has 0 unspecified atom stereocenters. The average Bonchev–Trinajstić information content (AvgIpc) is 2.68. The molecule has 0 spiro atoms. The molecular formula is C26H28N2O2. The highest BCUT2D eigenvalue weighted by molar-refractivity contribution is 6.05. The van der Waals surface area contributed by atoms with Crippen molar-refractivity contribution in [3.63, 3.8) is 0 Å². The Bertz CT molecular complexity index is 1080. The summed E-state index contributed by atoms with van der Waals surface area (Å²) in [5.41, 5.74) is 8.07. The number of para-hydroxylation sites is 2. The highest BCUT2D eigenvalue weighted by Crippen LogP contribution is 2.32. The van der Waals surface area contributed by atoms with Crippen molar-refractivity contribution in [3.05, 3.63) is 81.9 Å². The van der Waals surface area contributed by atoms with Gasteiger partial charge in [0.05, 0.1) is 11.4 Å². The first-order valence-electron chi connectivity index (χ1n) is 9.98. The van der Waals surface area contributed by atoms with Crippen molar-refractivity contribution in [1.82, 2.24) is 0 Å². The number of hydrogen-bond acceptors (Lipinski definition) is 4. The fraction of sp³-hybridized carbons (Fsp3) is 0.231. The van der Waals surface area contributed by atoms with Crippen LogP contribution in [0.5, 0.6) is 11.5 Å². The molecule has 0 amide bonds. The van der Waals surface area contributed by atoms with E-state index in [1.54, 1.807) is 0 Å². The summed E-state index contributed by atoms with van der Waals surface area (Å²) >= 11 is 0. The van der Waals surface area contributed by atoms with Crippen molar-refractivity contribution in [2.24, 2.45) is 9.98 Å². The first kappa shape index (κ1) is 21.3. The molecule has 0 heterocycles. The van der Waals surface area contributed by atoms with Crippen molar-refractivity contribution < 1.29 is 10.2 Å². The Morgan fingerprint density at radius 1 is 0.633 bits per heavy atom. The number of rotatable bonds is 4. The normalized spacial score (nSPS) is 12.3. The van der Waals surface area contributed by atoms with Gasteiger partial charge in [0.25, 0.3) is 0 Å². The average molecular weight is 401 g/mol. The molecule has 4 nitrogen and oxygen atoms in total. The molecule has 0 fully saturated rings. The van der Waals surface area contributed by atoms with Crippen LogP contribution in [0.2, 0.25) is 0 Å². The summed E-state index contributed by atoms with van der Waals surface area (Å²) in [6, 6.07) is 15.4. The van der Waals surface area contributed by atoms with Crippen molar-refractivity contribution in [3.8, 4) is 11.5 Å². The summed E-state index contributed by atoms with van der Waals surface area (Å²) in [6.07, 6.45) is 0. The second kappa shape index (κ2) is 8.54. The van der Waals surface area contributed by atoms with E-state index in [0.717, 1.165) is 33.4 Å². The van der Waals surface area contributed by atoms with E-state index < -0.39 is 0 Å². The molecule has 3 aromatic carbocycles. The van der Waals surface area contributed by atoms with Gasteiger partial charge in [0.2, 0.25) is 0 Å². The van der Waals surface area contributed by atoms with Gasteiger partial charge in [-0.3, -0.25) is 9.98 Å². The van der Waals surface area contributed by atoms with Gasteiger partial charge in [0.15, 0.2) is 0 Å². The van der Waals surface area contributed by atoms with Crippen molar-refractivity contribution in [2.75, 3.05) is 0 Å². The van der Waals surface area contributed by atoms with Crippen LogP contribution in [0.4, 0.5) is 11.4 Å².